The summed E-state index contributed by atoms with van der Waals surface area (Å²) in [5.41, 5.74) is 1.85. The lowest BCUT2D eigenvalue weighted by Crippen LogP contribution is -2.35. The second kappa shape index (κ2) is 6.62. The molecule has 2 aliphatic heterocycles. The summed E-state index contributed by atoms with van der Waals surface area (Å²) in [6.45, 7) is 0.567. The van der Waals surface area contributed by atoms with Crippen molar-refractivity contribution in [2.75, 3.05) is 20.4 Å². The van der Waals surface area contributed by atoms with Gasteiger partial charge in [0.25, 0.3) is 11.8 Å². The number of hydrogen-bond donors (Lipinski definition) is 2. The van der Waals surface area contributed by atoms with Crippen LogP contribution in [-0.4, -0.2) is 47.2 Å². The van der Waals surface area contributed by atoms with E-state index in [9.17, 15) is 14.7 Å². The minimum Gasteiger partial charge on any atom is -0.504 e. The molecule has 0 unspecified atom stereocenters. The van der Waals surface area contributed by atoms with Crippen LogP contribution in [0.2, 0.25) is 5.15 Å². The molecule has 2 amide bonds. The largest absolute Gasteiger partial charge is 0.504 e. The third-order valence-electron chi connectivity index (χ3n) is 4.68. The monoisotopic (exact) mass is 389 g/mol. The first-order valence-corrected chi connectivity index (χ1v) is 8.66. The molecule has 27 heavy (non-hydrogen) atoms. The number of likely N-dealkylation sites (N-methyl/N-ethyl adjacent to an activating group) is 1. The first kappa shape index (κ1) is 17.4. The van der Waals surface area contributed by atoms with Gasteiger partial charge in [0.15, 0.2) is 11.5 Å². The van der Waals surface area contributed by atoms with E-state index in [1.54, 1.807) is 13.1 Å². The van der Waals surface area contributed by atoms with Crippen LogP contribution in [0.3, 0.4) is 0 Å². The average Bonchev–Trinajstić information content (AvgIpc) is 3.14. The molecule has 2 N–H and O–H groups in total. The number of carbonyl (C=O) groups excluding carboxylic acids is 2. The lowest BCUT2D eigenvalue weighted by molar-refractivity contribution is 0.0776. The Morgan fingerprint density at radius 2 is 2.15 bits per heavy atom. The van der Waals surface area contributed by atoms with Crippen LogP contribution in [0.5, 0.6) is 17.2 Å². The van der Waals surface area contributed by atoms with E-state index < -0.39 is 0 Å². The Morgan fingerprint density at radius 3 is 2.89 bits per heavy atom. The quantitative estimate of drug-likeness (QED) is 0.775. The summed E-state index contributed by atoms with van der Waals surface area (Å²) < 4.78 is 10.8. The molecule has 3 heterocycles. The standard InChI is InChI=1S/C18H16ClN3O5/c1-22-5-4-10-11(7-21-17(24)9-2-3-12(19)20-6-9)15-16(27-8-26-15)14(23)13(10)18(22)25/h2-3,6,23H,4-5,7-8H2,1H3,(H,21,24). The maximum Gasteiger partial charge on any atom is 0.257 e. The van der Waals surface area contributed by atoms with Gasteiger partial charge >= 0.3 is 0 Å². The van der Waals surface area contributed by atoms with Gasteiger partial charge in [-0.05, 0) is 24.1 Å². The topological polar surface area (TPSA) is 101 Å². The highest BCUT2D eigenvalue weighted by molar-refractivity contribution is 6.29. The zero-order valence-corrected chi connectivity index (χ0v) is 15.2. The van der Waals surface area contributed by atoms with Crippen molar-refractivity contribution in [2.45, 2.75) is 13.0 Å². The molecule has 0 fully saturated rings. The van der Waals surface area contributed by atoms with Crippen molar-refractivity contribution < 1.29 is 24.2 Å². The number of amides is 2. The molecule has 0 bridgehead atoms. The number of halogens is 1. The van der Waals surface area contributed by atoms with Gasteiger partial charge in [-0.15, -0.1) is 0 Å². The first-order valence-electron chi connectivity index (χ1n) is 8.29. The lowest BCUT2D eigenvalue weighted by Gasteiger charge is -2.28. The third-order valence-corrected chi connectivity index (χ3v) is 4.90. The van der Waals surface area contributed by atoms with Crippen molar-refractivity contribution in [1.82, 2.24) is 15.2 Å². The van der Waals surface area contributed by atoms with E-state index in [0.717, 1.165) is 0 Å². The van der Waals surface area contributed by atoms with E-state index in [-0.39, 0.29) is 42.2 Å². The number of aromatic nitrogens is 1. The fourth-order valence-electron chi connectivity index (χ4n) is 3.27. The first-order chi connectivity index (χ1) is 13.0. The van der Waals surface area contributed by atoms with Crippen LogP contribution in [0.4, 0.5) is 0 Å². The second-order valence-electron chi connectivity index (χ2n) is 6.27. The predicted octanol–water partition coefficient (Wildman–Crippen LogP) is 1.73. The molecule has 0 aliphatic carbocycles. The van der Waals surface area contributed by atoms with Crippen LogP contribution in [0.15, 0.2) is 18.3 Å². The summed E-state index contributed by atoms with van der Waals surface area (Å²) in [5.74, 6) is -0.353. The Hall–Kier alpha value is -3.00. The van der Waals surface area contributed by atoms with E-state index >= 15 is 0 Å². The van der Waals surface area contributed by atoms with E-state index in [1.807, 2.05) is 0 Å². The Labute approximate surface area is 159 Å². The highest BCUT2D eigenvalue weighted by Crippen LogP contribution is 2.48. The van der Waals surface area contributed by atoms with Crippen molar-refractivity contribution in [2.24, 2.45) is 0 Å². The van der Waals surface area contributed by atoms with Gasteiger partial charge in [0, 0.05) is 31.9 Å². The molecule has 0 saturated heterocycles. The third kappa shape index (κ3) is 2.91. The summed E-state index contributed by atoms with van der Waals surface area (Å²) in [6, 6.07) is 3.10. The highest BCUT2D eigenvalue weighted by Gasteiger charge is 2.35. The maximum atomic E-state index is 12.5. The summed E-state index contributed by atoms with van der Waals surface area (Å²) in [7, 11) is 1.67. The molecule has 8 nitrogen and oxygen atoms in total. The van der Waals surface area contributed by atoms with Crippen molar-refractivity contribution in [1.29, 1.82) is 0 Å². The Kier molecular flexibility index (Phi) is 4.27. The van der Waals surface area contributed by atoms with Crippen LogP contribution in [-0.2, 0) is 13.0 Å². The molecule has 0 atom stereocenters. The summed E-state index contributed by atoms with van der Waals surface area (Å²) in [6.07, 6.45) is 1.92. The fraction of sp³-hybridized carbons (Fsp3) is 0.278. The van der Waals surface area contributed by atoms with Crippen LogP contribution in [0, 0.1) is 0 Å². The zero-order chi connectivity index (χ0) is 19.1. The van der Waals surface area contributed by atoms with Gasteiger partial charge in [-0.2, -0.15) is 0 Å². The van der Waals surface area contributed by atoms with E-state index in [0.29, 0.717) is 40.6 Å². The summed E-state index contributed by atoms with van der Waals surface area (Å²) in [4.78, 5) is 30.4. The number of rotatable bonds is 3. The maximum absolute atomic E-state index is 12.5. The Morgan fingerprint density at radius 1 is 1.37 bits per heavy atom. The number of fused-ring (bicyclic) bond motifs is 2. The number of phenolic OH excluding ortho intramolecular Hbond substituents is 1. The number of hydrogen-bond acceptors (Lipinski definition) is 6. The minimum absolute atomic E-state index is 0.0577. The van der Waals surface area contributed by atoms with E-state index in [2.05, 4.69) is 10.3 Å². The molecule has 9 heteroatoms. The summed E-state index contributed by atoms with van der Waals surface area (Å²) in [5, 5.41) is 13.6. The average molecular weight is 390 g/mol. The van der Waals surface area contributed by atoms with Gasteiger partial charge in [0.1, 0.15) is 5.15 Å². The molecular formula is C18H16ClN3O5. The number of carbonyl (C=O) groups is 2. The molecule has 0 radical (unpaired) electrons. The molecule has 1 aromatic carbocycles. The Bertz CT molecular complexity index is 945. The number of pyridine rings is 1. The highest BCUT2D eigenvalue weighted by atomic mass is 35.5. The molecule has 0 saturated carbocycles. The fourth-order valence-corrected chi connectivity index (χ4v) is 3.38. The number of ether oxygens (including phenoxy) is 2. The van der Waals surface area contributed by atoms with Crippen LogP contribution >= 0.6 is 11.6 Å². The van der Waals surface area contributed by atoms with E-state index in [4.69, 9.17) is 21.1 Å². The predicted molar refractivity (Wildman–Crippen MR) is 95.3 cm³/mol. The zero-order valence-electron chi connectivity index (χ0n) is 14.4. The molecule has 2 aromatic rings. The Balaban J connectivity index is 1.68. The molecular weight excluding hydrogens is 374 g/mol. The molecule has 0 spiro atoms. The van der Waals surface area contributed by atoms with Gasteiger partial charge < -0.3 is 24.8 Å². The smallest absolute Gasteiger partial charge is 0.257 e. The van der Waals surface area contributed by atoms with Crippen molar-refractivity contribution in [3.63, 3.8) is 0 Å². The van der Waals surface area contributed by atoms with Gasteiger partial charge in [-0.1, -0.05) is 11.6 Å². The van der Waals surface area contributed by atoms with Crippen molar-refractivity contribution in [3.8, 4) is 17.2 Å². The van der Waals surface area contributed by atoms with Crippen molar-refractivity contribution >= 4 is 23.4 Å². The summed E-state index contributed by atoms with van der Waals surface area (Å²) >= 11 is 5.74. The van der Waals surface area contributed by atoms with Gasteiger partial charge in [0.05, 0.1) is 11.1 Å². The molecule has 2 aliphatic rings. The number of benzene rings is 1. The van der Waals surface area contributed by atoms with Crippen molar-refractivity contribution in [3.05, 3.63) is 45.7 Å². The van der Waals surface area contributed by atoms with Gasteiger partial charge in [-0.25, -0.2) is 4.98 Å². The van der Waals surface area contributed by atoms with Gasteiger partial charge in [0.2, 0.25) is 12.5 Å². The number of phenols is 1. The number of nitrogens with one attached hydrogen (secondary N) is 1. The number of nitrogens with zero attached hydrogens (tertiary/aromatic N) is 2. The number of aromatic hydroxyl groups is 1. The molecule has 140 valence electrons. The van der Waals surface area contributed by atoms with Crippen LogP contribution < -0.4 is 14.8 Å². The SMILES string of the molecule is CN1CCc2c(CNC(=O)c3ccc(Cl)nc3)c3c(c(O)c2C1=O)OCO3. The van der Waals surface area contributed by atoms with E-state index in [1.165, 1.54) is 17.2 Å². The second-order valence-corrected chi connectivity index (χ2v) is 6.66. The minimum atomic E-state index is -0.340. The van der Waals surface area contributed by atoms with Crippen LogP contribution in [0.25, 0.3) is 0 Å². The normalized spacial score (nSPS) is 14.9. The van der Waals surface area contributed by atoms with Crippen LogP contribution in [0.1, 0.15) is 31.8 Å². The molecule has 4 rings (SSSR count). The molecule has 1 aromatic heterocycles. The lowest BCUT2D eigenvalue weighted by atomic mass is 9.91. The van der Waals surface area contributed by atoms with Gasteiger partial charge in [-0.3, -0.25) is 9.59 Å².